The van der Waals surface area contributed by atoms with Crippen molar-refractivity contribution in [3.63, 3.8) is 0 Å². The Morgan fingerprint density at radius 3 is 2.57 bits per heavy atom. The molecule has 0 radical (unpaired) electrons. The molecule has 6 nitrogen and oxygen atoms in total. The first kappa shape index (κ1) is 21.6. The minimum Gasteiger partial charge on any atom is -0.376 e. The van der Waals surface area contributed by atoms with Crippen LogP contribution in [0.2, 0.25) is 0 Å². The van der Waals surface area contributed by atoms with Crippen LogP contribution in [0.1, 0.15) is 38.5 Å². The highest BCUT2D eigenvalue weighted by atomic mass is 19.4. The van der Waals surface area contributed by atoms with E-state index in [9.17, 15) is 13.2 Å². The Morgan fingerprint density at radius 2 is 1.93 bits per heavy atom. The average molecular weight is 406 g/mol. The van der Waals surface area contributed by atoms with Gasteiger partial charge in [-0.05, 0) is 38.5 Å². The minimum atomic E-state index is -4.14. The van der Waals surface area contributed by atoms with Crippen LogP contribution in [0.5, 0.6) is 0 Å². The highest BCUT2D eigenvalue weighted by Crippen LogP contribution is 2.21. The summed E-state index contributed by atoms with van der Waals surface area (Å²) in [5.74, 6) is 0.785. The number of aliphatic imine (C=N–C) groups is 1. The average Bonchev–Trinajstić information content (AvgIpc) is 3.11. The van der Waals surface area contributed by atoms with Crippen molar-refractivity contribution in [2.45, 2.75) is 63.0 Å². The van der Waals surface area contributed by atoms with Gasteiger partial charge in [0.2, 0.25) is 0 Å². The molecule has 0 spiro atoms. The Labute approximate surface area is 165 Å². The van der Waals surface area contributed by atoms with Gasteiger partial charge in [-0.1, -0.05) is 0 Å². The number of ether oxygens (including phenoxy) is 2. The Morgan fingerprint density at radius 1 is 1.14 bits per heavy atom. The quantitative estimate of drug-likeness (QED) is 0.561. The zero-order valence-electron chi connectivity index (χ0n) is 16.7. The fourth-order valence-electron chi connectivity index (χ4n) is 4.24. The van der Waals surface area contributed by atoms with Gasteiger partial charge in [0.05, 0.1) is 25.4 Å². The van der Waals surface area contributed by atoms with E-state index >= 15 is 0 Å². The molecule has 3 aliphatic rings. The lowest BCUT2D eigenvalue weighted by Gasteiger charge is -2.35. The summed E-state index contributed by atoms with van der Waals surface area (Å²) in [7, 11) is 1.73. The number of guanidine groups is 1. The van der Waals surface area contributed by atoms with Crippen LogP contribution in [-0.4, -0.2) is 93.2 Å². The molecule has 9 heteroatoms. The maximum absolute atomic E-state index is 12.6. The molecule has 0 aromatic rings. The van der Waals surface area contributed by atoms with Crippen molar-refractivity contribution in [3.8, 4) is 0 Å². The second-order valence-corrected chi connectivity index (χ2v) is 8.04. The summed E-state index contributed by atoms with van der Waals surface area (Å²) in [5, 5.41) is 3.36. The summed E-state index contributed by atoms with van der Waals surface area (Å²) in [4.78, 5) is 7.99. The van der Waals surface area contributed by atoms with Gasteiger partial charge in [-0.15, -0.1) is 0 Å². The van der Waals surface area contributed by atoms with Gasteiger partial charge in [-0.2, -0.15) is 13.2 Å². The van der Waals surface area contributed by atoms with Crippen LogP contribution in [0.15, 0.2) is 4.99 Å². The summed E-state index contributed by atoms with van der Waals surface area (Å²) in [5.41, 5.74) is 0. The van der Waals surface area contributed by atoms with Crippen LogP contribution in [0.4, 0.5) is 13.2 Å². The van der Waals surface area contributed by atoms with E-state index in [0.29, 0.717) is 26.1 Å². The molecule has 0 aromatic heterocycles. The molecular weight excluding hydrogens is 373 g/mol. The molecule has 3 fully saturated rings. The third-order valence-electron chi connectivity index (χ3n) is 5.75. The molecule has 0 amide bonds. The molecule has 3 aliphatic heterocycles. The first-order chi connectivity index (χ1) is 13.4. The molecule has 1 N–H and O–H groups in total. The van der Waals surface area contributed by atoms with E-state index in [1.165, 1.54) is 11.3 Å². The van der Waals surface area contributed by atoms with Gasteiger partial charge in [0.1, 0.15) is 0 Å². The number of nitrogens with one attached hydrogen (secondary N) is 1. The molecule has 0 bridgehead atoms. The third-order valence-corrected chi connectivity index (χ3v) is 5.75. The van der Waals surface area contributed by atoms with E-state index in [0.717, 1.165) is 51.3 Å². The van der Waals surface area contributed by atoms with Crippen molar-refractivity contribution in [2.24, 2.45) is 4.99 Å². The maximum Gasteiger partial charge on any atom is 0.401 e. The van der Waals surface area contributed by atoms with Crippen LogP contribution in [0.3, 0.4) is 0 Å². The van der Waals surface area contributed by atoms with Crippen LogP contribution in [-0.2, 0) is 9.47 Å². The molecule has 2 unspecified atom stereocenters. The minimum absolute atomic E-state index is 0.0125. The Bertz CT molecular complexity index is 504. The van der Waals surface area contributed by atoms with Gasteiger partial charge in [0.15, 0.2) is 5.96 Å². The first-order valence-electron chi connectivity index (χ1n) is 10.4. The summed E-state index contributed by atoms with van der Waals surface area (Å²) in [6, 6.07) is 0.0125. The lowest BCUT2D eigenvalue weighted by atomic mass is 10.1. The lowest BCUT2D eigenvalue weighted by Crippen LogP contribution is -2.50. The number of alkyl halides is 3. The number of nitrogens with zero attached hydrogens (tertiary/aromatic N) is 3. The molecule has 162 valence electrons. The van der Waals surface area contributed by atoms with Crippen LogP contribution in [0, 0.1) is 0 Å². The highest BCUT2D eigenvalue weighted by Gasteiger charge is 2.35. The topological polar surface area (TPSA) is 49.3 Å². The van der Waals surface area contributed by atoms with E-state index in [2.05, 4.69) is 15.2 Å². The van der Waals surface area contributed by atoms with E-state index < -0.39 is 12.7 Å². The van der Waals surface area contributed by atoms with Gasteiger partial charge in [0, 0.05) is 45.9 Å². The number of halogens is 3. The number of hydrogen-bond donors (Lipinski definition) is 1. The molecule has 0 aromatic carbocycles. The fourth-order valence-corrected chi connectivity index (χ4v) is 4.24. The molecule has 2 atom stereocenters. The van der Waals surface area contributed by atoms with Crippen molar-refractivity contribution in [2.75, 3.05) is 53.0 Å². The van der Waals surface area contributed by atoms with Gasteiger partial charge in [-0.25, -0.2) is 0 Å². The lowest BCUT2D eigenvalue weighted by molar-refractivity contribution is -0.143. The predicted molar refractivity (Wildman–Crippen MR) is 102 cm³/mol. The molecular formula is C19H33F3N4O2. The number of piperidine rings is 1. The molecule has 28 heavy (non-hydrogen) atoms. The highest BCUT2D eigenvalue weighted by molar-refractivity contribution is 5.80. The van der Waals surface area contributed by atoms with E-state index in [4.69, 9.17) is 9.47 Å². The standard InChI is InChI=1S/C19H33F3N4O2/c1-23-18(24-15-5-8-25(12-15)14-19(20,21)22)26-9-6-16(7-10-26)28-13-17-4-2-3-11-27-17/h15-17H,2-14H2,1H3,(H,23,24). The molecule has 0 saturated carbocycles. The van der Waals surface area contributed by atoms with Gasteiger partial charge >= 0.3 is 6.18 Å². The van der Waals surface area contributed by atoms with Crippen LogP contribution >= 0.6 is 0 Å². The van der Waals surface area contributed by atoms with Crippen molar-refractivity contribution >= 4 is 5.96 Å². The Hall–Kier alpha value is -1.06. The molecule has 0 aliphatic carbocycles. The largest absolute Gasteiger partial charge is 0.401 e. The van der Waals surface area contributed by atoms with Crippen LogP contribution in [0.25, 0.3) is 0 Å². The number of rotatable bonds is 5. The maximum atomic E-state index is 12.6. The van der Waals surface area contributed by atoms with Gasteiger partial charge in [0.25, 0.3) is 0 Å². The van der Waals surface area contributed by atoms with Gasteiger partial charge in [-0.3, -0.25) is 9.89 Å². The van der Waals surface area contributed by atoms with Crippen LogP contribution < -0.4 is 5.32 Å². The van der Waals surface area contributed by atoms with Crippen molar-refractivity contribution < 1.29 is 22.6 Å². The van der Waals surface area contributed by atoms with Crippen molar-refractivity contribution in [1.82, 2.24) is 15.1 Å². The zero-order chi connectivity index (χ0) is 20.0. The zero-order valence-corrected chi connectivity index (χ0v) is 16.7. The number of likely N-dealkylation sites (tertiary alicyclic amines) is 2. The summed E-state index contributed by atoms with van der Waals surface area (Å²) in [6.07, 6.45) is 2.36. The van der Waals surface area contributed by atoms with Crippen molar-refractivity contribution in [1.29, 1.82) is 0 Å². The molecule has 3 heterocycles. The van der Waals surface area contributed by atoms with Gasteiger partial charge < -0.3 is 19.7 Å². The normalized spacial score (nSPS) is 28.7. The Kier molecular flexibility index (Phi) is 7.82. The third kappa shape index (κ3) is 6.77. The number of hydrogen-bond acceptors (Lipinski definition) is 4. The first-order valence-corrected chi connectivity index (χ1v) is 10.4. The smallest absolute Gasteiger partial charge is 0.376 e. The van der Waals surface area contributed by atoms with E-state index in [-0.39, 0.29) is 18.2 Å². The van der Waals surface area contributed by atoms with Crippen molar-refractivity contribution in [3.05, 3.63) is 0 Å². The predicted octanol–water partition coefficient (Wildman–Crippen LogP) is 2.25. The van der Waals surface area contributed by atoms with E-state index in [1.54, 1.807) is 7.05 Å². The second-order valence-electron chi connectivity index (χ2n) is 8.04. The Balaban J connectivity index is 1.37. The molecule has 3 rings (SSSR count). The van der Waals surface area contributed by atoms with E-state index in [1.807, 2.05) is 0 Å². The molecule has 3 saturated heterocycles. The summed E-state index contributed by atoms with van der Waals surface area (Å²) < 4.78 is 49.4. The fraction of sp³-hybridized carbons (Fsp3) is 0.947. The second kappa shape index (κ2) is 10.1. The summed E-state index contributed by atoms with van der Waals surface area (Å²) in [6.45, 7) is 3.23. The SMILES string of the molecule is CN=C(NC1CCN(CC(F)(F)F)C1)N1CCC(OCC2CCCCO2)CC1. The summed E-state index contributed by atoms with van der Waals surface area (Å²) >= 11 is 0. The monoisotopic (exact) mass is 406 g/mol.